The van der Waals surface area contributed by atoms with Crippen molar-refractivity contribution >= 4 is 16.9 Å². The molecule has 0 atom stereocenters. The number of benzene rings is 2. The molecule has 2 aromatic carbocycles. The number of hydrogen-bond donors (Lipinski definition) is 0. The molecule has 0 N–H and O–H groups in total. The lowest BCUT2D eigenvalue weighted by Crippen LogP contribution is -2.37. The van der Waals surface area contributed by atoms with Gasteiger partial charge >= 0.3 is 5.97 Å². The van der Waals surface area contributed by atoms with Gasteiger partial charge in [0, 0.05) is 30.7 Å². The van der Waals surface area contributed by atoms with Gasteiger partial charge < -0.3 is 14.0 Å². The minimum atomic E-state index is -0.296. The van der Waals surface area contributed by atoms with Crippen molar-refractivity contribution in [2.75, 3.05) is 20.3 Å². The quantitative estimate of drug-likeness (QED) is 0.488. The number of rotatable bonds is 5. The molecule has 2 heterocycles. The molecule has 0 bridgehead atoms. The lowest BCUT2D eigenvalue weighted by atomic mass is 9.74. The number of fused-ring (bicyclic) bond motifs is 1. The van der Waals surface area contributed by atoms with Crippen molar-refractivity contribution in [3.63, 3.8) is 0 Å². The zero-order valence-corrected chi connectivity index (χ0v) is 19.7. The molecule has 0 spiro atoms. The van der Waals surface area contributed by atoms with Crippen LogP contribution in [0.25, 0.3) is 22.0 Å². The third-order valence-corrected chi connectivity index (χ3v) is 7.43. The Kier molecular flexibility index (Phi) is 6.26. The fourth-order valence-corrected chi connectivity index (χ4v) is 5.56. The van der Waals surface area contributed by atoms with E-state index in [2.05, 4.69) is 18.2 Å². The first-order valence-electron chi connectivity index (χ1n) is 12.0. The smallest absolute Gasteiger partial charge is 0.308 e. The molecule has 3 aromatic rings. The second kappa shape index (κ2) is 9.34. The molecule has 1 aliphatic heterocycles. The molecular formula is C28H30FNO4. The highest BCUT2D eigenvalue weighted by atomic mass is 19.1. The molecule has 6 heteroatoms. The fourth-order valence-electron chi connectivity index (χ4n) is 5.56. The first kappa shape index (κ1) is 22.8. The summed E-state index contributed by atoms with van der Waals surface area (Å²) in [6.07, 6.45) is 3.04. The Balaban J connectivity index is 1.68. The molecular weight excluding hydrogens is 433 g/mol. The van der Waals surface area contributed by atoms with Crippen molar-refractivity contribution in [1.82, 2.24) is 4.57 Å². The van der Waals surface area contributed by atoms with E-state index in [1.807, 2.05) is 11.5 Å². The van der Waals surface area contributed by atoms with Crippen LogP contribution in [0.5, 0.6) is 0 Å². The van der Waals surface area contributed by atoms with E-state index in [4.69, 9.17) is 9.47 Å². The number of nitrogens with zero attached hydrogens (tertiary/aromatic N) is 1. The molecule has 5 rings (SSSR count). The zero-order chi connectivity index (χ0) is 23.8. The van der Waals surface area contributed by atoms with Crippen LogP contribution in [0.4, 0.5) is 4.39 Å². The monoisotopic (exact) mass is 463 g/mol. The molecule has 1 saturated carbocycles. The second-order valence-corrected chi connectivity index (χ2v) is 9.68. The highest BCUT2D eigenvalue weighted by molar-refractivity contribution is 5.97. The van der Waals surface area contributed by atoms with Crippen molar-refractivity contribution < 1.29 is 18.7 Å². The molecule has 1 aliphatic carbocycles. The van der Waals surface area contributed by atoms with E-state index in [-0.39, 0.29) is 35.1 Å². The van der Waals surface area contributed by atoms with Crippen LogP contribution >= 0.6 is 0 Å². The topological polar surface area (TPSA) is 57.5 Å². The first-order valence-corrected chi connectivity index (χ1v) is 12.0. The van der Waals surface area contributed by atoms with Gasteiger partial charge in [-0.1, -0.05) is 24.3 Å². The highest BCUT2D eigenvalue weighted by Gasteiger charge is 2.36. The van der Waals surface area contributed by atoms with Crippen LogP contribution in [0.15, 0.2) is 47.3 Å². The van der Waals surface area contributed by atoms with Crippen molar-refractivity contribution in [2.24, 2.45) is 11.8 Å². The molecule has 0 amide bonds. The normalized spacial score (nSPS) is 20.8. The summed E-state index contributed by atoms with van der Waals surface area (Å²) >= 11 is 0. The van der Waals surface area contributed by atoms with Gasteiger partial charge in [-0.3, -0.25) is 9.59 Å². The van der Waals surface area contributed by atoms with E-state index in [1.54, 1.807) is 12.1 Å². The standard InChI is InChI=1S/C28H30FNO4/c1-17-3-8-23-24(13-17)30(16-18-14-21(15-18)28(32)33-2)27(31)26(20-9-11-34-12-10-20)25(23)19-4-6-22(29)7-5-19/h3-8,13,18,20-21H,9-12,14-16H2,1-2H3. The zero-order valence-electron chi connectivity index (χ0n) is 19.7. The Morgan fingerprint density at radius 2 is 1.82 bits per heavy atom. The maximum Gasteiger partial charge on any atom is 0.308 e. The van der Waals surface area contributed by atoms with Crippen molar-refractivity contribution in [3.05, 3.63) is 69.8 Å². The summed E-state index contributed by atoms with van der Waals surface area (Å²) in [4.78, 5) is 26.0. The van der Waals surface area contributed by atoms with Crippen LogP contribution in [0.3, 0.4) is 0 Å². The third kappa shape index (κ3) is 4.16. The average Bonchev–Trinajstić information content (AvgIpc) is 2.82. The van der Waals surface area contributed by atoms with Gasteiger partial charge in [-0.25, -0.2) is 4.39 Å². The number of esters is 1. The predicted molar refractivity (Wildman–Crippen MR) is 129 cm³/mol. The Morgan fingerprint density at radius 3 is 2.50 bits per heavy atom. The predicted octanol–water partition coefficient (Wildman–Crippen LogP) is 5.21. The number of aryl methyl sites for hydroxylation is 1. The van der Waals surface area contributed by atoms with Crippen LogP contribution in [-0.2, 0) is 20.8 Å². The molecule has 0 radical (unpaired) electrons. The number of halogens is 1. The summed E-state index contributed by atoms with van der Waals surface area (Å²) in [5, 5.41) is 1.00. The lowest BCUT2D eigenvalue weighted by Gasteiger charge is -2.34. The third-order valence-electron chi connectivity index (χ3n) is 7.43. The highest BCUT2D eigenvalue weighted by Crippen LogP contribution is 2.40. The van der Waals surface area contributed by atoms with Gasteiger partial charge in [-0.2, -0.15) is 0 Å². The van der Waals surface area contributed by atoms with Gasteiger partial charge in [-0.05, 0) is 79.3 Å². The summed E-state index contributed by atoms with van der Waals surface area (Å²) in [5.74, 6) is -0.201. The summed E-state index contributed by atoms with van der Waals surface area (Å²) in [6.45, 7) is 3.85. The van der Waals surface area contributed by atoms with Crippen molar-refractivity contribution in [2.45, 2.75) is 45.1 Å². The Morgan fingerprint density at radius 1 is 1.12 bits per heavy atom. The van der Waals surface area contributed by atoms with Crippen molar-refractivity contribution in [1.29, 1.82) is 0 Å². The number of pyridine rings is 1. The average molecular weight is 464 g/mol. The van der Waals surface area contributed by atoms with E-state index < -0.39 is 0 Å². The second-order valence-electron chi connectivity index (χ2n) is 9.68. The summed E-state index contributed by atoms with van der Waals surface area (Å²) < 4.78 is 26.1. The number of methoxy groups -OCH3 is 1. The van der Waals surface area contributed by atoms with Crippen molar-refractivity contribution in [3.8, 4) is 11.1 Å². The van der Waals surface area contributed by atoms with Gasteiger partial charge in [0.25, 0.3) is 5.56 Å². The summed E-state index contributed by atoms with van der Waals surface area (Å²) in [7, 11) is 1.42. The van der Waals surface area contributed by atoms with Gasteiger partial charge in [0.05, 0.1) is 18.5 Å². The maximum atomic E-state index is 14.2. The molecule has 34 heavy (non-hydrogen) atoms. The molecule has 2 aliphatic rings. The summed E-state index contributed by atoms with van der Waals surface area (Å²) in [5.41, 5.74) is 4.55. The number of aromatic nitrogens is 1. The van der Waals surface area contributed by atoms with E-state index in [0.717, 1.165) is 58.8 Å². The van der Waals surface area contributed by atoms with Crippen LogP contribution in [0, 0.1) is 24.6 Å². The Hall–Kier alpha value is -2.99. The molecule has 1 saturated heterocycles. The minimum Gasteiger partial charge on any atom is -0.469 e. The Bertz CT molecular complexity index is 1270. The minimum absolute atomic E-state index is 0.0193. The van der Waals surface area contributed by atoms with E-state index in [0.29, 0.717) is 19.8 Å². The lowest BCUT2D eigenvalue weighted by molar-refractivity contribution is -0.150. The number of ether oxygens (including phenoxy) is 2. The first-order chi connectivity index (χ1) is 16.5. The van der Waals surface area contributed by atoms with Gasteiger partial charge in [0.15, 0.2) is 0 Å². The van der Waals surface area contributed by atoms with Crippen LogP contribution in [0.2, 0.25) is 0 Å². The van der Waals surface area contributed by atoms with E-state index in [9.17, 15) is 14.0 Å². The molecule has 5 nitrogen and oxygen atoms in total. The number of carbonyl (C=O) groups excluding carboxylic acids is 1. The van der Waals surface area contributed by atoms with Gasteiger partial charge in [-0.15, -0.1) is 0 Å². The van der Waals surface area contributed by atoms with E-state index >= 15 is 0 Å². The van der Waals surface area contributed by atoms with Crippen LogP contribution < -0.4 is 5.56 Å². The molecule has 178 valence electrons. The largest absolute Gasteiger partial charge is 0.469 e. The number of carbonyl (C=O) groups is 1. The molecule has 0 unspecified atom stereocenters. The van der Waals surface area contributed by atoms with Gasteiger partial charge in [0.2, 0.25) is 0 Å². The summed E-state index contributed by atoms with van der Waals surface area (Å²) in [6, 6.07) is 12.7. The molecule has 2 fully saturated rings. The maximum absolute atomic E-state index is 14.2. The van der Waals surface area contributed by atoms with E-state index in [1.165, 1.54) is 19.2 Å². The molecule has 1 aromatic heterocycles. The van der Waals surface area contributed by atoms with Gasteiger partial charge in [0.1, 0.15) is 5.82 Å². The SMILES string of the molecule is COC(=O)C1CC(Cn2c(=O)c(C3CCOCC3)c(-c3ccc(F)cc3)c3ccc(C)cc32)C1. The van der Waals surface area contributed by atoms with Crippen LogP contribution in [-0.4, -0.2) is 30.9 Å². The fraction of sp³-hybridized carbons (Fsp3) is 0.429. The number of hydrogen-bond acceptors (Lipinski definition) is 4. The van der Waals surface area contributed by atoms with Crippen LogP contribution in [0.1, 0.15) is 42.7 Å². The Labute approximate surface area is 198 Å².